The van der Waals surface area contributed by atoms with Crippen LogP contribution >= 0.6 is 11.6 Å². The van der Waals surface area contributed by atoms with E-state index in [-0.39, 0.29) is 5.91 Å². The van der Waals surface area contributed by atoms with Gasteiger partial charge in [0.1, 0.15) is 19.3 Å². The second kappa shape index (κ2) is 6.79. The Balaban J connectivity index is 1.64. The first kappa shape index (κ1) is 15.5. The van der Waals surface area contributed by atoms with Gasteiger partial charge in [-0.2, -0.15) is 0 Å². The van der Waals surface area contributed by atoms with E-state index in [4.69, 9.17) is 21.1 Å². The quantitative estimate of drug-likeness (QED) is 0.899. The lowest BCUT2D eigenvalue weighted by Gasteiger charge is -2.20. The van der Waals surface area contributed by atoms with Gasteiger partial charge < -0.3 is 20.1 Å². The number of amides is 1. The van der Waals surface area contributed by atoms with Gasteiger partial charge in [0, 0.05) is 22.5 Å². The average molecular weight is 333 g/mol. The van der Waals surface area contributed by atoms with Gasteiger partial charge in [-0.05, 0) is 37.3 Å². The topological polar surface area (TPSA) is 59.6 Å². The van der Waals surface area contributed by atoms with E-state index in [0.717, 1.165) is 11.4 Å². The Morgan fingerprint density at radius 1 is 1.09 bits per heavy atom. The van der Waals surface area contributed by atoms with Gasteiger partial charge >= 0.3 is 0 Å². The lowest BCUT2D eigenvalue weighted by Crippen LogP contribution is -2.31. The number of hydrogen-bond acceptors (Lipinski definition) is 4. The zero-order valence-corrected chi connectivity index (χ0v) is 13.4. The maximum Gasteiger partial charge on any atom is 0.246 e. The zero-order valence-electron chi connectivity index (χ0n) is 12.6. The maximum atomic E-state index is 12.2. The van der Waals surface area contributed by atoms with Crippen molar-refractivity contribution in [1.29, 1.82) is 0 Å². The number of halogens is 1. The van der Waals surface area contributed by atoms with Crippen LogP contribution in [0.4, 0.5) is 11.4 Å². The lowest BCUT2D eigenvalue weighted by atomic mass is 10.2. The first-order valence-corrected chi connectivity index (χ1v) is 7.72. The molecule has 120 valence electrons. The number of carbonyl (C=O) groups excluding carboxylic acids is 1. The van der Waals surface area contributed by atoms with Crippen LogP contribution in [0.3, 0.4) is 0 Å². The van der Waals surface area contributed by atoms with Gasteiger partial charge in [-0.1, -0.05) is 17.7 Å². The van der Waals surface area contributed by atoms with E-state index in [1.165, 1.54) is 0 Å². The maximum absolute atomic E-state index is 12.2. The molecule has 1 unspecified atom stereocenters. The fourth-order valence-corrected chi connectivity index (χ4v) is 2.46. The van der Waals surface area contributed by atoms with Crippen molar-refractivity contribution in [1.82, 2.24) is 0 Å². The van der Waals surface area contributed by atoms with E-state index in [9.17, 15) is 4.79 Å². The van der Waals surface area contributed by atoms with Crippen molar-refractivity contribution in [3.8, 4) is 11.5 Å². The van der Waals surface area contributed by atoms with Crippen LogP contribution in [-0.2, 0) is 4.79 Å². The van der Waals surface area contributed by atoms with Crippen LogP contribution in [-0.4, -0.2) is 25.2 Å². The molecule has 1 aliphatic rings. The molecule has 0 spiro atoms. The highest BCUT2D eigenvalue weighted by atomic mass is 35.5. The van der Waals surface area contributed by atoms with Crippen molar-refractivity contribution in [2.24, 2.45) is 0 Å². The third-order valence-corrected chi connectivity index (χ3v) is 3.65. The highest BCUT2D eigenvalue weighted by molar-refractivity contribution is 6.30. The molecular weight excluding hydrogens is 316 g/mol. The minimum absolute atomic E-state index is 0.151. The summed E-state index contributed by atoms with van der Waals surface area (Å²) in [5, 5.41) is 6.55. The smallest absolute Gasteiger partial charge is 0.246 e. The number of anilines is 2. The highest BCUT2D eigenvalue weighted by Crippen LogP contribution is 2.32. The summed E-state index contributed by atoms with van der Waals surface area (Å²) in [6, 6.07) is 12.1. The summed E-state index contributed by atoms with van der Waals surface area (Å²) in [6.07, 6.45) is 0. The minimum Gasteiger partial charge on any atom is -0.486 e. The summed E-state index contributed by atoms with van der Waals surface area (Å²) in [5.41, 5.74) is 1.46. The van der Waals surface area contributed by atoms with Gasteiger partial charge in [0.05, 0.1) is 0 Å². The molecule has 6 heteroatoms. The van der Waals surface area contributed by atoms with Crippen LogP contribution in [0.15, 0.2) is 42.5 Å². The van der Waals surface area contributed by atoms with Crippen molar-refractivity contribution in [2.45, 2.75) is 13.0 Å². The van der Waals surface area contributed by atoms with Gasteiger partial charge in [-0.15, -0.1) is 0 Å². The fourth-order valence-electron chi connectivity index (χ4n) is 2.27. The van der Waals surface area contributed by atoms with Crippen molar-refractivity contribution in [2.75, 3.05) is 23.8 Å². The monoisotopic (exact) mass is 332 g/mol. The summed E-state index contributed by atoms with van der Waals surface area (Å²) < 4.78 is 11.0. The molecule has 3 rings (SSSR count). The summed E-state index contributed by atoms with van der Waals surface area (Å²) in [4.78, 5) is 12.2. The van der Waals surface area contributed by atoms with Crippen LogP contribution in [0.5, 0.6) is 11.5 Å². The molecule has 0 aliphatic carbocycles. The Labute approximate surface area is 139 Å². The van der Waals surface area contributed by atoms with Crippen LogP contribution in [0.2, 0.25) is 5.02 Å². The van der Waals surface area contributed by atoms with Crippen LogP contribution in [0.25, 0.3) is 0 Å². The first-order valence-electron chi connectivity index (χ1n) is 7.34. The van der Waals surface area contributed by atoms with Crippen molar-refractivity contribution in [3.05, 3.63) is 47.5 Å². The molecule has 0 saturated heterocycles. The van der Waals surface area contributed by atoms with Gasteiger partial charge in [-0.25, -0.2) is 0 Å². The predicted molar refractivity (Wildman–Crippen MR) is 90.6 cm³/mol. The zero-order chi connectivity index (χ0) is 16.2. The average Bonchev–Trinajstić information content (AvgIpc) is 2.54. The summed E-state index contributed by atoms with van der Waals surface area (Å²) in [7, 11) is 0. The van der Waals surface area contributed by atoms with Crippen molar-refractivity contribution < 1.29 is 14.3 Å². The van der Waals surface area contributed by atoms with E-state index in [2.05, 4.69) is 10.6 Å². The van der Waals surface area contributed by atoms with E-state index in [1.807, 2.05) is 18.2 Å². The SMILES string of the molecule is CC(Nc1ccc2c(c1)OCCO2)C(=O)Nc1cccc(Cl)c1. The molecule has 0 aromatic heterocycles. The number of rotatable bonds is 4. The summed E-state index contributed by atoms with van der Waals surface area (Å²) in [6.45, 7) is 2.87. The van der Waals surface area contributed by atoms with Crippen LogP contribution in [0.1, 0.15) is 6.92 Å². The summed E-state index contributed by atoms with van der Waals surface area (Å²) in [5.74, 6) is 1.25. The second-order valence-corrected chi connectivity index (χ2v) is 5.66. The molecule has 2 aromatic rings. The normalized spacial score (nSPS) is 14.0. The molecule has 0 bridgehead atoms. The molecule has 2 aromatic carbocycles. The number of ether oxygens (including phenoxy) is 2. The Kier molecular flexibility index (Phi) is 4.57. The Bertz CT molecular complexity index is 721. The number of hydrogen-bond donors (Lipinski definition) is 2. The van der Waals surface area contributed by atoms with Crippen molar-refractivity contribution in [3.63, 3.8) is 0 Å². The van der Waals surface area contributed by atoms with Gasteiger partial charge in [0.25, 0.3) is 0 Å². The molecule has 1 atom stereocenters. The lowest BCUT2D eigenvalue weighted by molar-refractivity contribution is -0.116. The van der Waals surface area contributed by atoms with Gasteiger partial charge in [0.2, 0.25) is 5.91 Å². The first-order chi connectivity index (χ1) is 11.1. The number of benzene rings is 2. The highest BCUT2D eigenvalue weighted by Gasteiger charge is 2.16. The molecule has 1 amide bonds. The predicted octanol–water partition coefficient (Wildman–Crippen LogP) is 3.55. The van der Waals surface area contributed by atoms with Crippen molar-refractivity contribution >= 4 is 28.9 Å². The molecule has 2 N–H and O–H groups in total. The fraction of sp³-hybridized carbons (Fsp3) is 0.235. The Morgan fingerprint density at radius 2 is 1.87 bits per heavy atom. The standard InChI is InChI=1S/C17H17ClN2O3/c1-11(17(21)20-13-4-2-3-12(18)9-13)19-14-5-6-15-16(10-14)23-8-7-22-15/h2-6,9-11,19H,7-8H2,1H3,(H,20,21). The Hall–Kier alpha value is -2.40. The largest absolute Gasteiger partial charge is 0.486 e. The molecule has 0 fully saturated rings. The molecule has 0 saturated carbocycles. The molecule has 0 radical (unpaired) electrons. The molecular formula is C17H17ClN2O3. The van der Waals surface area contributed by atoms with E-state index in [0.29, 0.717) is 29.7 Å². The van der Waals surface area contributed by atoms with E-state index in [1.54, 1.807) is 31.2 Å². The van der Waals surface area contributed by atoms with Gasteiger partial charge in [-0.3, -0.25) is 4.79 Å². The molecule has 5 nitrogen and oxygen atoms in total. The van der Waals surface area contributed by atoms with Gasteiger partial charge in [0.15, 0.2) is 11.5 Å². The Morgan fingerprint density at radius 3 is 2.65 bits per heavy atom. The number of fused-ring (bicyclic) bond motifs is 1. The summed E-state index contributed by atoms with van der Waals surface area (Å²) >= 11 is 5.91. The number of nitrogens with one attached hydrogen (secondary N) is 2. The number of carbonyl (C=O) groups is 1. The third kappa shape index (κ3) is 3.87. The molecule has 1 heterocycles. The van der Waals surface area contributed by atoms with Crippen LogP contribution < -0.4 is 20.1 Å². The third-order valence-electron chi connectivity index (χ3n) is 3.41. The molecule has 1 aliphatic heterocycles. The molecule has 23 heavy (non-hydrogen) atoms. The minimum atomic E-state index is -0.420. The second-order valence-electron chi connectivity index (χ2n) is 5.22. The van der Waals surface area contributed by atoms with E-state index < -0.39 is 6.04 Å². The van der Waals surface area contributed by atoms with Crippen LogP contribution in [0, 0.1) is 0 Å². The van der Waals surface area contributed by atoms with E-state index >= 15 is 0 Å².